The molecule has 0 aromatic carbocycles. The molecule has 4 saturated carbocycles. The molecule has 12 unspecified atom stereocenters. The minimum atomic E-state index is -2.02. The zero-order valence-electron chi connectivity index (χ0n) is 23.9. The van der Waals surface area contributed by atoms with E-state index in [4.69, 9.17) is 18.9 Å². The van der Waals surface area contributed by atoms with Gasteiger partial charge < -0.3 is 39.4 Å². The number of carbonyl (C=O) groups is 3. The molecule has 5 fully saturated rings. The van der Waals surface area contributed by atoms with Crippen molar-refractivity contribution in [3.05, 3.63) is 11.6 Å². The zero-order chi connectivity index (χ0) is 29.5. The summed E-state index contributed by atoms with van der Waals surface area (Å²) in [7, 11) is 1.17. The summed E-state index contributed by atoms with van der Waals surface area (Å²) in [5.74, 6) is -3.12. The molecular formula is C30H42O11. The second-order valence-corrected chi connectivity index (χ2v) is 13.7. The van der Waals surface area contributed by atoms with Crippen LogP contribution in [0, 0.1) is 34.5 Å². The third-order valence-corrected chi connectivity index (χ3v) is 12.1. The van der Waals surface area contributed by atoms with Crippen LogP contribution in [0.25, 0.3) is 0 Å². The Morgan fingerprint density at radius 1 is 1.07 bits per heavy atom. The number of esters is 2. The van der Waals surface area contributed by atoms with Crippen molar-refractivity contribution in [3.8, 4) is 0 Å². The van der Waals surface area contributed by atoms with Crippen molar-refractivity contribution >= 4 is 17.9 Å². The van der Waals surface area contributed by atoms with E-state index in [1.807, 2.05) is 0 Å². The van der Waals surface area contributed by atoms with Crippen molar-refractivity contribution in [2.75, 3.05) is 13.7 Å². The number of cyclic esters (lactones) is 1. The first kappa shape index (κ1) is 29.0. The second-order valence-electron chi connectivity index (χ2n) is 13.7. The quantitative estimate of drug-likeness (QED) is 0.350. The third kappa shape index (κ3) is 3.98. The Morgan fingerprint density at radius 2 is 1.83 bits per heavy atom. The van der Waals surface area contributed by atoms with Gasteiger partial charge in [0.25, 0.3) is 0 Å². The van der Waals surface area contributed by atoms with Crippen molar-refractivity contribution in [2.45, 2.75) is 107 Å². The molecule has 6 aliphatic rings. The van der Waals surface area contributed by atoms with E-state index in [2.05, 4.69) is 6.92 Å². The Balaban J connectivity index is 1.26. The van der Waals surface area contributed by atoms with Crippen molar-refractivity contribution in [3.63, 3.8) is 0 Å². The second kappa shape index (κ2) is 9.74. The summed E-state index contributed by atoms with van der Waals surface area (Å²) >= 11 is 0. The molecular weight excluding hydrogens is 536 g/mol. The van der Waals surface area contributed by atoms with Gasteiger partial charge in [-0.25, -0.2) is 9.59 Å². The van der Waals surface area contributed by atoms with Gasteiger partial charge in [-0.2, -0.15) is 0 Å². The lowest BCUT2D eigenvalue weighted by Crippen LogP contribution is -2.66. The fourth-order valence-electron chi connectivity index (χ4n) is 10.1. The highest BCUT2D eigenvalue weighted by atomic mass is 16.7. The standard InChI is InChI=1S/C30H42O11/c1-15-12-29(36,25(35)38-3)26(40-15)41-22-11-17-4-5-20-19(28(17,24(33)34)13-21(22)31)6-8-27(2)18(7-9-30(20,27)37)16-10-23(32)39-14-16/h10,15,17-22,26,31,36-37H,4-9,11-14H2,1-3H3,(H,33,34). The highest BCUT2D eigenvalue weighted by Gasteiger charge is 2.71. The highest BCUT2D eigenvalue weighted by Crippen LogP contribution is 2.70. The first-order chi connectivity index (χ1) is 19.3. The lowest BCUT2D eigenvalue weighted by molar-refractivity contribution is -0.266. The number of carboxylic acids is 1. The summed E-state index contributed by atoms with van der Waals surface area (Å²) in [5.41, 5.74) is -3.95. The first-order valence-electron chi connectivity index (χ1n) is 14.9. The van der Waals surface area contributed by atoms with Crippen molar-refractivity contribution in [1.82, 2.24) is 0 Å². The molecule has 41 heavy (non-hydrogen) atoms. The van der Waals surface area contributed by atoms with Crippen LogP contribution in [0.5, 0.6) is 0 Å². The molecule has 0 aromatic heterocycles. The molecule has 12 atom stereocenters. The maximum Gasteiger partial charge on any atom is 0.343 e. The first-order valence-corrected chi connectivity index (χ1v) is 14.9. The Bertz CT molecular complexity index is 1150. The molecule has 0 aromatic rings. The van der Waals surface area contributed by atoms with Crippen molar-refractivity contribution in [1.29, 1.82) is 0 Å². The highest BCUT2D eigenvalue weighted by molar-refractivity contribution is 5.85. The van der Waals surface area contributed by atoms with E-state index in [-0.39, 0.29) is 55.5 Å². The molecule has 4 aliphatic carbocycles. The maximum atomic E-state index is 13.2. The molecule has 6 rings (SSSR count). The lowest BCUT2D eigenvalue weighted by atomic mass is 9.42. The van der Waals surface area contributed by atoms with Crippen LogP contribution in [0.3, 0.4) is 0 Å². The van der Waals surface area contributed by atoms with E-state index in [1.54, 1.807) is 13.0 Å². The summed E-state index contributed by atoms with van der Waals surface area (Å²) in [5, 5.41) is 45.6. The maximum absolute atomic E-state index is 13.2. The van der Waals surface area contributed by atoms with Gasteiger partial charge in [0.1, 0.15) is 6.61 Å². The van der Waals surface area contributed by atoms with E-state index in [0.717, 1.165) is 5.57 Å². The van der Waals surface area contributed by atoms with E-state index < -0.39 is 58.6 Å². The summed E-state index contributed by atoms with van der Waals surface area (Å²) in [6, 6.07) is 0. The van der Waals surface area contributed by atoms with Crippen LogP contribution >= 0.6 is 0 Å². The summed E-state index contributed by atoms with van der Waals surface area (Å²) in [4.78, 5) is 37.4. The predicted molar refractivity (Wildman–Crippen MR) is 140 cm³/mol. The minimum absolute atomic E-state index is 0.00418. The monoisotopic (exact) mass is 578 g/mol. The van der Waals surface area contributed by atoms with Gasteiger partial charge in [0.15, 0.2) is 6.29 Å². The van der Waals surface area contributed by atoms with E-state index in [9.17, 15) is 34.8 Å². The van der Waals surface area contributed by atoms with E-state index in [1.165, 1.54) is 7.11 Å². The molecule has 11 heteroatoms. The van der Waals surface area contributed by atoms with Gasteiger partial charge in [0.05, 0.1) is 36.4 Å². The molecule has 2 heterocycles. The molecule has 11 nitrogen and oxygen atoms in total. The fraction of sp³-hybridized carbons (Fsp3) is 0.833. The van der Waals surface area contributed by atoms with Gasteiger partial charge >= 0.3 is 17.9 Å². The predicted octanol–water partition coefficient (Wildman–Crippen LogP) is 1.70. The third-order valence-electron chi connectivity index (χ3n) is 12.1. The number of hydrogen-bond acceptors (Lipinski definition) is 10. The van der Waals surface area contributed by atoms with Gasteiger partial charge in [-0.05, 0) is 87.5 Å². The normalized spacial score (nSPS) is 50.8. The van der Waals surface area contributed by atoms with E-state index in [0.29, 0.717) is 38.5 Å². The average molecular weight is 579 g/mol. The number of methoxy groups -OCH3 is 1. The van der Waals surface area contributed by atoms with Gasteiger partial charge in [-0.15, -0.1) is 0 Å². The topological polar surface area (TPSA) is 169 Å². The fourth-order valence-corrected chi connectivity index (χ4v) is 10.1. The molecule has 0 radical (unpaired) electrons. The number of aliphatic hydroxyl groups is 3. The van der Waals surface area contributed by atoms with Gasteiger partial charge in [-0.1, -0.05) is 6.92 Å². The molecule has 2 aliphatic heterocycles. The molecule has 4 N–H and O–H groups in total. The van der Waals surface area contributed by atoms with Crippen LogP contribution in [-0.2, 0) is 33.3 Å². The van der Waals surface area contributed by atoms with Crippen molar-refractivity contribution in [2.24, 2.45) is 34.5 Å². The summed E-state index contributed by atoms with van der Waals surface area (Å²) < 4.78 is 21.7. The summed E-state index contributed by atoms with van der Waals surface area (Å²) in [6.45, 7) is 4.02. The van der Waals surface area contributed by atoms with Crippen LogP contribution in [0.2, 0.25) is 0 Å². The number of carbonyl (C=O) groups excluding carboxylic acids is 2. The van der Waals surface area contributed by atoms with Crippen LogP contribution in [0.1, 0.15) is 71.6 Å². The minimum Gasteiger partial charge on any atom is -0.481 e. The Morgan fingerprint density at radius 3 is 2.49 bits per heavy atom. The van der Waals surface area contributed by atoms with Gasteiger partial charge in [-0.3, -0.25) is 4.79 Å². The largest absolute Gasteiger partial charge is 0.481 e. The SMILES string of the molecule is COC(=O)C1(O)CC(C)OC1OC1CC2CCC3C(CCC4(C)C(C5=CC(=O)OC5)CCC34O)C2(C(=O)O)CC1O. The number of ether oxygens (including phenoxy) is 4. The zero-order valence-corrected chi connectivity index (χ0v) is 23.9. The molecule has 0 bridgehead atoms. The number of aliphatic hydroxyl groups excluding tert-OH is 1. The summed E-state index contributed by atoms with van der Waals surface area (Å²) in [6.07, 6.45) is 1.50. The Hall–Kier alpha value is -2.05. The van der Waals surface area contributed by atoms with Crippen LogP contribution < -0.4 is 0 Å². The number of aliphatic carboxylic acids is 1. The van der Waals surface area contributed by atoms with Gasteiger partial charge in [0.2, 0.25) is 5.60 Å². The molecule has 0 spiro atoms. The molecule has 228 valence electrons. The van der Waals surface area contributed by atoms with Crippen LogP contribution in [0.15, 0.2) is 11.6 Å². The van der Waals surface area contributed by atoms with Gasteiger partial charge in [0, 0.05) is 17.9 Å². The van der Waals surface area contributed by atoms with E-state index >= 15 is 0 Å². The molecule has 0 amide bonds. The number of carboxylic acid groups (broad SMARTS) is 1. The number of hydrogen-bond donors (Lipinski definition) is 4. The van der Waals surface area contributed by atoms with Crippen molar-refractivity contribution < 1.29 is 53.8 Å². The van der Waals surface area contributed by atoms with Crippen LogP contribution in [-0.4, -0.2) is 87.9 Å². The Kier molecular flexibility index (Phi) is 6.90. The Labute approximate surface area is 239 Å². The van der Waals surface area contributed by atoms with Crippen LogP contribution in [0.4, 0.5) is 0 Å². The lowest BCUT2D eigenvalue weighted by Gasteiger charge is -2.63. The average Bonchev–Trinajstić information content (AvgIpc) is 3.56. The smallest absolute Gasteiger partial charge is 0.343 e. The number of rotatable bonds is 5. The molecule has 1 saturated heterocycles. The number of fused-ring (bicyclic) bond motifs is 5.